The van der Waals surface area contributed by atoms with Crippen LogP contribution in [0.3, 0.4) is 0 Å². The Morgan fingerprint density at radius 1 is 1.32 bits per heavy atom. The third-order valence-electron chi connectivity index (χ3n) is 3.83. The number of esters is 1. The van der Waals surface area contributed by atoms with Crippen molar-refractivity contribution in [3.05, 3.63) is 39.9 Å². The number of rotatable bonds is 2. The second-order valence-electron chi connectivity index (χ2n) is 5.25. The van der Waals surface area contributed by atoms with Crippen molar-refractivity contribution in [2.24, 2.45) is 0 Å². The summed E-state index contributed by atoms with van der Waals surface area (Å²) in [5.74, 6) is 0.447. The molecular formula is C16H19ClN2O3. The Labute approximate surface area is 134 Å². The molecule has 1 aromatic heterocycles. The van der Waals surface area contributed by atoms with Crippen molar-refractivity contribution in [1.29, 1.82) is 0 Å². The Balaban J connectivity index is 0.00000176. The molecule has 118 valence electrons. The van der Waals surface area contributed by atoms with Gasteiger partial charge in [0.2, 0.25) is 0 Å². The molecule has 0 bridgehead atoms. The molecule has 0 unspecified atom stereocenters. The molecule has 1 aromatic carbocycles. The van der Waals surface area contributed by atoms with Gasteiger partial charge in [-0.3, -0.25) is 9.36 Å². The lowest BCUT2D eigenvalue weighted by molar-refractivity contribution is 0.0526. The van der Waals surface area contributed by atoms with E-state index >= 15 is 0 Å². The highest BCUT2D eigenvalue weighted by Crippen LogP contribution is 2.16. The van der Waals surface area contributed by atoms with Crippen molar-refractivity contribution in [3.8, 4) is 0 Å². The maximum atomic E-state index is 12.5. The fraction of sp³-hybridized carbons (Fsp3) is 0.438. The van der Waals surface area contributed by atoms with Crippen LogP contribution in [0.1, 0.15) is 42.4 Å². The zero-order valence-corrected chi connectivity index (χ0v) is 13.3. The third-order valence-corrected chi connectivity index (χ3v) is 3.83. The first-order valence-electron chi connectivity index (χ1n) is 7.41. The highest BCUT2D eigenvalue weighted by atomic mass is 35.5. The normalized spacial score (nSPS) is 13.9. The second-order valence-corrected chi connectivity index (χ2v) is 5.25. The van der Waals surface area contributed by atoms with Crippen molar-refractivity contribution >= 4 is 29.3 Å². The third kappa shape index (κ3) is 2.99. The molecule has 2 aromatic rings. The van der Waals surface area contributed by atoms with Gasteiger partial charge in [0, 0.05) is 13.0 Å². The minimum Gasteiger partial charge on any atom is -0.462 e. The molecule has 0 fully saturated rings. The highest BCUT2D eigenvalue weighted by Gasteiger charge is 2.15. The van der Waals surface area contributed by atoms with E-state index in [4.69, 9.17) is 4.74 Å². The van der Waals surface area contributed by atoms with E-state index in [2.05, 4.69) is 4.98 Å². The van der Waals surface area contributed by atoms with E-state index in [0.29, 0.717) is 23.1 Å². The lowest BCUT2D eigenvalue weighted by Gasteiger charge is -2.10. The fourth-order valence-corrected chi connectivity index (χ4v) is 2.76. The van der Waals surface area contributed by atoms with Gasteiger partial charge in [-0.2, -0.15) is 0 Å². The van der Waals surface area contributed by atoms with Gasteiger partial charge in [-0.15, -0.1) is 12.4 Å². The Bertz CT molecular complexity index is 755. The second kappa shape index (κ2) is 6.92. The van der Waals surface area contributed by atoms with Crippen molar-refractivity contribution in [2.45, 2.75) is 39.2 Å². The van der Waals surface area contributed by atoms with Crippen LogP contribution in [0.2, 0.25) is 0 Å². The number of carbonyl (C=O) groups excluding carboxylic acids is 1. The Morgan fingerprint density at radius 2 is 2.14 bits per heavy atom. The summed E-state index contributed by atoms with van der Waals surface area (Å²) in [6.45, 7) is 2.83. The van der Waals surface area contributed by atoms with Gasteiger partial charge in [0.05, 0.1) is 23.1 Å². The zero-order chi connectivity index (χ0) is 14.8. The average Bonchev–Trinajstić information content (AvgIpc) is 2.72. The lowest BCUT2D eigenvalue weighted by Crippen LogP contribution is -2.24. The van der Waals surface area contributed by atoms with Gasteiger partial charge in [0.25, 0.3) is 5.56 Å². The van der Waals surface area contributed by atoms with Gasteiger partial charge >= 0.3 is 5.97 Å². The summed E-state index contributed by atoms with van der Waals surface area (Å²) in [6.07, 6.45) is 4.00. The van der Waals surface area contributed by atoms with Crippen LogP contribution in [-0.2, 0) is 17.7 Å². The van der Waals surface area contributed by atoms with Crippen LogP contribution in [0, 0.1) is 0 Å². The van der Waals surface area contributed by atoms with Gasteiger partial charge in [0.1, 0.15) is 5.82 Å². The number of aryl methyl sites for hydroxylation is 1. The first kappa shape index (κ1) is 16.5. The van der Waals surface area contributed by atoms with Gasteiger partial charge < -0.3 is 4.74 Å². The number of hydrogen-bond acceptors (Lipinski definition) is 4. The van der Waals surface area contributed by atoms with Crippen LogP contribution in [0.4, 0.5) is 0 Å². The van der Waals surface area contributed by atoms with Crippen LogP contribution in [0.5, 0.6) is 0 Å². The first-order valence-corrected chi connectivity index (χ1v) is 7.41. The summed E-state index contributed by atoms with van der Waals surface area (Å²) in [5, 5.41) is 0.564. The number of nitrogens with zero attached hydrogens (tertiary/aromatic N) is 2. The SMILES string of the molecule is CCOC(=O)c1ccc2c(=O)n3c(nc2c1)CCCCC3.Cl. The van der Waals surface area contributed by atoms with Crippen LogP contribution >= 0.6 is 12.4 Å². The molecule has 0 amide bonds. The number of benzene rings is 1. The maximum absolute atomic E-state index is 12.5. The molecule has 5 nitrogen and oxygen atoms in total. The van der Waals surface area contributed by atoms with E-state index in [0.717, 1.165) is 38.1 Å². The van der Waals surface area contributed by atoms with Gasteiger partial charge in [-0.05, 0) is 38.0 Å². The number of carbonyl (C=O) groups is 1. The van der Waals surface area contributed by atoms with Crippen molar-refractivity contribution in [3.63, 3.8) is 0 Å². The summed E-state index contributed by atoms with van der Waals surface area (Å²) in [7, 11) is 0. The van der Waals surface area contributed by atoms with Gasteiger partial charge in [0.15, 0.2) is 0 Å². The quantitative estimate of drug-likeness (QED) is 0.798. The Hall–Kier alpha value is -1.88. The molecule has 1 aliphatic heterocycles. The van der Waals surface area contributed by atoms with Crippen LogP contribution in [0.25, 0.3) is 10.9 Å². The minimum atomic E-state index is -0.378. The Morgan fingerprint density at radius 3 is 2.91 bits per heavy atom. The predicted octanol–water partition coefficient (Wildman–Crippen LogP) is 2.72. The molecule has 22 heavy (non-hydrogen) atoms. The lowest BCUT2D eigenvalue weighted by atomic mass is 10.1. The standard InChI is InChI=1S/C16H18N2O3.ClH/c1-2-21-16(20)11-7-8-12-13(10-11)17-14-6-4-3-5-9-18(14)15(12)19;/h7-8,10H,2-6,9H2,1H3;1H. The van der Waals surface area contributed by atoms with Crippen molar-refractivity contribution in [1.82, 2.24) is 9.55 Å². The molecule has 0 spiro atoms. The van der Waals surface area contributed by atoms with Gasteiger partial charge in [-0.1, -0.05) is 6.42 Å². The summed E-state index contributed by atoms with van der Waals surface area (Å²) in [6, 6.07) is 4.96. The van der Waals surface area contributed by atoms with Crippen LogP contribution in [0.15, 0.2) is 23.0 Å². The molecule has 0 aliphatic carbocycles. The molecule has 1 aliphatic rings. The molecule has 2 heterocycles. The molecule has 3 rings (SSSR count). The fourth-order valence-electron chi connectivity index (χ4n) is 2.76. The maximum Gasteiger partial charge on any atom is 0.338 e. The van der Waals surface area contributed by atoms with E-state index in [1.54, 1.807) is 29.7 Å². The number of halogens is 1. The number of hydrogen-bond donors (Lipinski definition) is 0. The Kier molecular flexibility index (Phi) is 5.19. The minimum absolute atomic E-state index is 0. The monoisotopic (exact) mass is 322 g/mol. The van der Waals surface area contributed by atoms with Crippen molar-refractivity contribution in [2.75, 3.05) is 6.61 Å². The van der Waals surface area contributed by atoms with Gasteiger partial charge in [-0.25, -0.2) is 9.78 Å². The van der Waals surface area contributed by atoms with Crippen molar-refractivity contribution < 1.29 is 9.53 Å². The summed E-state index contributed by atoms with van der Waals surface area (Å²) >= 11 is 0. The smallest absolute Gasteiger partial charge is 0.338 e. The van der Waals surface area contributed by atoms with Crippen LogP contribution in [-0.4, -0.2) is 22.1 Å². The molecule has 0 atom stereocenters. The highest BCUT2D eigenvalue weighted by molar-refractivity contribution is 5.94. The molecule has 0 N–H and O–H groups in total. The van der Waals surface area contributed by atoms with E-state index in [-0.39, 0.29) is 23.9 Å². The van der Waals surface area contributed by atoms with E-state index in [9.17, 15) is 9.59 Å². The molecule has 0 radical (unpaired) electrons. The predicted molar refractivity (Wildman–Crippen MR) is 86.8 cm³/mol. The first-order chi connectivity index (χ1) is 10.2. The van der Waals surface area contributed by atoms with Crippen LogP contribution < -0.4 is 5.56 Å². The zero-order valence-electron chi connectivity index (χ0n) is 12.5. The molecular weight excluding hydrogens is 304 g/mol. The number of aromatic nitrogens is 2. The molecule has 0 saturated heterocycles. The summed E-state index contributed by atoms with van der Waals surface area (Å²) in [5.41, 5.74) is 1.01. The van der Waals surface area contributed by atoms with E-state index in [1.807, 2.05) is 0 Å². The molecule has 0 saturated carbocycles. The summed E-state index contributed by atoms with van der Waals surface area (Å²) < 4.78 is 6.77. The topological polar surface area (TPSA) is 61.2 Å². The largest absolute Gasteiger partial charge is 0.462 e. The summed E-state index contributed by atoms with van der Waals surface area (Å²) in [4.78, 5) is 28.9. The van der Waals surface area contributed by atoms with E-state index < -0.39 is 0 Å². The van der Waals surface area contributed by atoms with E-state index in [1.165, 1.54) is 0 Å². The number of ether oxygens (including phenoxy) is 1. The number of fused-ring (bicyclic) bond motifs is 2. The average molecular weight is 323 g/mol. The molecule has 6 heteroatoms.